The highest BCUT2D eigenvalue weighted by molar-refractivity contribution is 4.93. The molecule has 11 heavy (non-hydrogen) atoms. The van der Waals surface area contributed by atoms with Gasteiger partial charge in [-0.05, 0) is 26.9 Å². The van der Waals surface area contributed by atoms with E-state index in [9.17, 15) is 0 Å². The van der Waals surface area contributed by atoms with Gasteiger partial charge < -0.3 is 10.2 Å². The van der Waals surface area contributed by atoms with E-state index < -0.39 is 0 Å². The zero-order chi connectivity index (χ0) is 8.48. The third-order valence-corrected chi connectivity index (χ3v) is 2.30. The molecule has 0 saturated carbocycles. The molecule has 1 aliphatic rings. The summed E-state index contributed by atoms with van der Waals surface area (Å²) in [5, 5.41) is 3.61. The first-order chi connectivity index (χ1) is 5.02. The van der Waals surface area contributed by atoms with Gasteiger partial charge in [-0.1, -0.05) is 13.8 Å². The molecule has 1 fully saturated rings. The standard InChI is InChI=1S/C9H20N2/c1-8(2)10-9(3)5-6-11(4)7-9/h8,10H,5-7H2,1-4H3. The van der Waals surface area contributed by atoms with E-state index in [1.165, 1.54) is 19.5 Å². The molecule has 1 saturated heterocycles. The fourth-order valence-corrected chi connectivity index (χ4v) is 2.01. The molecular formula is C9H20N2. The van der Waals surface area contributed by atoms with Crippen molar-refractivity contribution in [3.63, 3.8) is 0 Å². The molecule has 1 N–H and O–H groups in total. The van der Waals surface area contributed by atoms with Gasteiger partial charge in [0.05, 0.1) is 0 Å². The molecule has 1 aliphatic heterocycles. The van der Waals surface area contributed by atoms with Gasteiger partial charge >= 0.3 is 0 Å². The number of nitrogens with one attached hydrogen (secondary N) is 1. The average molecular weight is 156 g/mol. The highest BCUT2D eigenvalue weighted by Crippen LogP contribution is 2.19. The fraction of sp³-hybridized carbons (Fsp3) is 1.00. The molecule has 0 radical (unpaired) electrons. The molecular weight excluding hydrogens is 136 g/mol. The summed E-state index contributed by atoms with van der Waals surface area (Å²) in [5.41, 5.74) is 0.364. The minimum absolute atomic E-state index is 0.364. The van der Waals surface area contributed by atoms with E-state index in [2.05, 4.69) is 38.0 Å². The van der Waals surface area contributed by atoms with E-state index >= 15 is 0 Å². The first-order valence-corrected chi connectivity index (χ1v) is 4.48. The fourth-order valence-electron chi connectivity index (χ4n) is 2.01. The van der Waals surface area contributed by atoms with E-state index in [0.29, 0.717) is 11.6 Å². The molecule has 1 heterocycles. The van der Waals surface area contributed by atoms with Crippen molar-refractivity contribution in [2.24, 2.45) is 0 Å². The van der Waals surface area contributed by atoms with Crippen LogP contribution in [0.5, 0.6) is 0 Å². The minimum atomic E-state index is 0.364. The van der Waals surface area contributed by atoms with Crippen LogP contribution >= 0.6 is 0 Å². The van der Waals surface area contributed by atoms with E-state index in [1.807, 2.05) is 0 Å². The van der Waals surface area contributed by atoms with Crippen molar-refractivity contribution in [1.82, 2.24) is 10.2 Å². The van der Waals surface area contributed by atoms with Crippen LogP contribution in [0.1, 0.15) is 27.2 Å². The summed E-state index contributed by atoms with van der Waals surface area (Å²) in [6.07, 6.45) is 1.28. The van der Waals surface area contributed by atoms with E-state index in [0.717, 1.165) is 0 Å². The number of rotatable bonds is 2. The Hall–Kier alpha value is -0.0800. The lowest BCUT2D eigenvalue weighted by atomic mass is 10.0. The van der Waals surface area contributed by atoms with Crippen molar-refractivity contribution in [1.29, 1.82) is 0 Å². The lowest BCUT2D eigenvalue weighted by molar-refractivity contribution is 0.313. The number of likely N-dealkylation sites (N-methyl/N-ethyl adjacent to an activating group) is 1. The smallest absolute Gasteiger partial charge is 0.0294 e. The number of nitrogens with zero attached hydrogens (tertiary/aromatic N) is 1. The molecule has 2 heteroatoms. The highest BCUT2D eigenvalue weighted by atomic mass is 15.2. The van der Waals surface area contributed by atoms with Crippen molar-refractivity contribution in [3.8, 4) is 0 Å². The van der Waals surface area contributed by atoms with Gasteiger partial charge in [0.25, 0.3) is 0 Å². The maximum Gasteiger partial charge on any atom is 0.0294 e. The Labute approximate surface area is 70.0 Å². The topological polar surface area (TPSA) is 15.3 Å². The van der Waals surface area contributed by atoms with Crippen LogP contribution in [0.15, 0.2) is 0 Å². The van der Waals surface area contributed by atoms with Gasteiger partial charge in [0.2, 0.25) is 0 Å². The molecule has 0 bridgehead atoms. The third kappa shape index (κ3) is 2.46. The van der Waals surface area contributed by atoms with Crippen LogP contribution in [0.4, 0.5) is 0 Å². The van der Waals surface area contributed by atoms with Crippen LogP contribution in [-0.4, -0.2) is 36.6 Å². The highest BCUT2D eigenvalue weighted by Gasteiger charge is 2.31. The second kappa shape index (κ2) is 3.11. The Morgan fingerprint density at radius 3 is 2.45 bits per heavy atom. The summed E-state index contributed by atoms with van der Waals surface area (Å²) in [6, 6.07) is 0.603. The Kier molecular flexibility index (Phi) is 2.55. The monoisotopic (exact) mass is 156 g/mol. The maximum atomic E-state index is 3.61. The number of likely N-dealkylation sites (tertiary alicyclic amines) is 1. The Morgan fingerprint density at radius 2 is 2.09 bits per heavy atom. The molecule has 0 spiro atoms. The summed E-state index contributed by atoms with van der Waals surface area (Å²) in [4.78, 5) is 2.38. The van der Waals surface area contributed by atoms with Crippen LogP contribution in [-0.2, 0) is 0 Å². The van der Waals surface area contributed by atoms with Crippen LogP contribution in [0.25, 0.3) is 0 Å². The Bertz CT molecular complexity index is 134. The molecule has 66 valence electrons. The zero-order valence-electron chi connectivity index (χ0n) is 8.15. The predicted molar refractivity (Wildman–Crippen MR) is 48.8 cm³/mol. The van der Waals surface area contributed by atoms with Gasteiger partial charge in [0, 0.05) is 18.1 Å². The summed E-state index contributed by atoms with van der Waals surface area (Å²) in [7, 11) is 2.19. The minimum Gasteiger partial charge on any atom is -0.308 e. The van der Waals surface area contributed by atoms with Crippen LogP contribution in [0.2, 0.25) is 0 Å². The van der Waals surface area contributed by atoms with Gasteiger partial charge in [0.1, 0.15) is 0 Å². The van der Waals surface area contributed by atoms with Gasteiger partial charge in [-0.25, -0.2) is 0 Å². The largest absolute Gasteiger partial charge is 0.308 e. The van der Waals surface area contributed by atoms with Crippen molar-refractivity contribution >= 4 is 0 Å². The van der Waals surface area contributed by atoms with Gasteiger partial charge in [-0.15, -0.1) is 0 Å². The molecule has 1 rings (SSSR count). The SMILES string of the molecule is CC(C)NC1(C)CCN(C)C1. The number of hydrogen-bond acceptors (Lipinski definition) is 2. The van der Waals surface area contributed by atoms with Crippen molar-refractivity contribution in [2.45, 2.75) is 38.8 Å². The molecule has 0 aromatic heterocycles. The molecule has 0 amide bonds. The van der Waals surface area contributed by atoms with E-state index in [4.69, 9.17) is 0 Å². The summed E-state index contributed by atoms with van der Waals surface area (Å²) in [6.45, 7) is 9.16. The quantitative estimate of drug-likeness (QED) is 0.643. The van der Waals surface area contributed by atoms with Crippen LogP contribution in [0.3, 0.4) is 0 Å². The zero-order valence-corrected chi connectivity index (χ0v) is 8.15. The lowest BCUT2D eigenvalue weighted by Crippen LogP contribution is -2.47. The lowest BCUT2D eigenvalue weighted by Gasteiger charge is -2.28. The third-order valence-electron chi connectivity index (χ3n) is 2.30. The molecule has 0 aromatic carbocycles. The molecule has 2 nitrogen and oxygen atoms in total. The number of hydrogen-bond donors (Lipinski definition) is 1. The Morgan fingerprint density at radius 1 is 1.45 bits per heavy atom. The van der Waals surface area contributed by atoms with Gasteiger partial charge in [-0.2, -0.15) is 0 Å². The predicted octanol–water partition coefficient (Wildman–Crippen LogP) is 1.08. The summed E-state index contributed by atoms with van der Waals surface area (Å²) >= 11 is 0. The van der Waals surface area contributed by atoms with Crippen LogP contribution < -0.4 is 5.32 Å². The summed E-state index contributed by atoms with van der Waals surface area (Å²) in [5.74, 6) is 0. The molecule has 0 aromatic rings. The second-order valence-corrected chi connectivity index (χ2v) is 4.35. The van der Waals surface area contributed by atoms with E-state index in [1.54, 1.807) is 0 Å². The van der Waals surface area contributed by atoms with Crippen molar-refractivity contribution < 1.29 is 0 Å². The molecule has 0 aliphatic carbocycles. The summed E-state index contributed by atoms with van der Waals surface area (Å²) < 4.78 is 0. The van der Waals surface area contributed by atoms with Gasteiger partial charge in [0.15, 0.2) is 0 Å². The molecule has 1 unspecified atom stereocenters. The average Bonchev–Trinajstić information content (AvgIpc) is 2.08. The maximum absolute atomic E-state index is 3.61. The normalized spacial score (nSPS) is 33.5. The Balaban J connectivity index is 2.42. The van der Waals surface area contributed by atoms with Crippen molar-refractivity contribution in [2.75, 3.05) is 20.1 Å². The van der Waals surface area contributed by atoms with Gasteiger partial charge in [-0.3, -0.25) is 0 Å². The first-order valence-electron chi connectivity index (χ1n) is 4.48. The second-order valence-electron chi connectivity index (χ2n) is 4.35. The van der Waals surface area contributed by atoms with Crippen molar-refractivity contribution in [3.05, 3.63) is 0 Å². The molecule has 1 atom stereocenters. The van der Waals surface area contributed by atoms with E-state index in [-0.39, 0.29) is 0 Å². The first kappa shape index (κ1) is 9.01. The van der Waals surface area contributed by atoms with Crippen LogP contribution in [0, 0.1) is 0 Å².